The van der Waals surface area contributed by atoms with Crippen molar-refractivity contribution in [1.82, 2.24) is 0 Å². The molecule has 0 atom stereocenters. The largest absolute Gasteiger partial charge is 0.455 e. The predicted molar refractivity (Wildman–Crippen MR) is 190 cm³/mol. The second kappa shape index (κ2) is 10.4. The van der Waals surface area contributed by atoms with E-state index in [0.29, 0.717) is 0 Å². The molecule has 0 radical (unpaired) electrons. The van der Waals surface area contributed by atoms with Crippen LogP contribution in [-0.4, -0.2) is 0 Å². The van der Waals surface area contributed by atoms with E-state index in [1.54, 1.807) is 0 Å². The first-order valence-electron chi connectivity index (χ1n) is 25.5. The van der Waals surface area contributed by atoms with Crippen molar-refractivity contribution < 1.29 is 37.3 Å². The number of fused-ring (bicyclic) bond motifs is 5. The Labute approximate surface area is 295 Å². The molecule has 1 heteroatoms. The van der Waals surface area contributed by atoms with Gasteiger partial charge in [0.05, 0.1) is 32.9 Å². The molecule has 1 nitrogen and oxygen atoms in total. The average Bonchev–Trinajstić information content (AvgIpc) is 3.73. The van der Waals surface area contributed by atoms with Crippen molar-refractivity contribution in [2.24, 2.45) is 0 Å². The van der Waals surface area contributed by atoms with Gasteiger partial charge in [0.2, 0.25) is 0 Å². The summed E-state index contributed by atoms with van der Waals surface area (Å²) in [5.41, 5.74) is -3.60. The molecule has 0 bridgehead atoms. The molecule has 0 aliphatic heterocycles. The van der Waals surface area contributed by atoms with E-state index in [-0.39, 0.29) is 49.4 Å². The maximum absolute atomic E-state index is 9.29. The minimum Gasteiger partial charge on any atom is -0.455 e. The Morgan fingerprint density at radius 3 is 1.62 bits per heavy atom. The van der Waals surface area contributed by atoms with Gasteiger partial charge < -0.3 is 4.42 Å². The van der Waals surface area contributed by atoms with Crippen LogP contribution in [0.2, 0.25) is 0 Å². The summed E-state index contributed by atoms with van der Waals surface area (Å²) in [5.74, 6) is 0. The third-order valence-electron chi connectivity index (χ3n) is 7.38. The molecule has 45 heavy (non-hydrogen) atoms. The lowest BCUT2D eigenvalue weighted by Gasteiger charge is -2.18. The van der Waals surface area contributed by atoms with Crippen molar-refractivity contribution in [3.63, 3.8) is 0 Å². The minimum absolute atomic E-state index is 0.0114. The summed E-state index contributed by atoms with van der Waals surface area (Å²) in [7, 11) is 0. The first-order valence-corrected chi connectivity index (χ1v) is 13.5. The summed E-state index contributed by atoms with van der Waals surface area (Å²) in [5, 5.41) is -2.33. The first kappa shape index (κ1) is 11.2. The fourth-order valence-electron chi connectivity index (χ4n) is 5.49. The van der Waals surface area contributed by atoms with E-state index in [4.69, 9.17) is 30.5 Å². The maximum atomic E-state index is 9.29. The van der Waals surface area contributed by atoms with Crippen LogP contribution in [0.1, 0.15) is 32.9 Å². The number of benzene rings is 8. The Morgan fingerprint density at radius 2 is 0.956 bits per heavy atom. The second-order valence-corrected chi connectivity index (χ2v) is 9.84. The fourth-order valence-corrected chi connectivity index (χ4v) is 5.49. The Morgan fingerprint density at radius 1 is 0.400 bits per heavy atom. The van der Waals surface area contributed by atoms with Crippen molar-refractivity contribution in [3.8, 4) is 44.5 Å². The first-order chi connectivity index (χ1) is 32.3. The molecule has 0 aliphatic carbocycles. The highest BCUT2D eigenvalue weighted by Crippen LogP contribution is 2.45. The van der Waals surface area contributed by atoms with E-state index in [1.165, 1.54) is 24.3 Å². The molecule has 0 N–H and O–H groups in total. The second-order valence-electron chi connectivity index (χ2n) is 9.84. The highest BCUT2D eigenvalue weighted by atomic mass is 16.3. The molecule has 8 aromatic carbocycles. The predicted octanol–water partition coefficient (Wildman–Crippen LogP) is 12.6. The van der Waals surface area contributed by atoms with Crippen LogP contribution < -0.4 is 0 Å². The SMILES string of the molecule is [2H]c1c([2H])c([2H])c(-c2c([2H])c([2H])c3c(oc4c(-c5cccc(-c6c7c([2H])c([2H])c([2H])c([2H])c7c(-c7c([2H])c([2H])c([2H])c([2H])c7[2H])c7c([2H])c([2H])c([2H])c([2H])c67)c5)c([2H])c([2H])c([2H])c43)c2[2H])c([2H])c1[2H]. The summed E-state index contributed by atoms with van der Waals surface area (Å²) in [4.78, 5) is 0. The molecule has 0 amide bonds. The summed E-state index contributed by atoms with van der Waals surface area (Å²) >= 11 is 0. The van der Waals surface area contributed by atoms with Gasteiger partial charge in [0.25, 0.3) is 0 Å². The third kappa shape index (κ3) is 4.17. The van der Waals surface area contributed by atoms with Gasteiger partial charge in [-0.1, -0.05) is 151 Å². The van der Waals surface area contributed by atoms with Gasteiger partial charge in [-0.05, 0) is 78.6 Å². The Hall–Kier alpha value is -5.92. The minimum atomic E-state index is -0.833. The van der Waals surface area contributed by atoms with E-state index in [0.717, 1.165) is 0 Å². The lowest BCUT2D eigenvalue weighted by Crippen LogP contribution is -1.91. The molecular formula is C44H28O. The summed E-state index contributed by atoms with van der Waals surface area (Å²) in [6.45, 7) is 0. The van der Waals surface area contributed by atoms with Gasteiger partial charge in [-0.2, -0.15) is 0 Å². The molecule has 1 heterocycles. The third-order valence-corrected chi connectivity index (χ3v) is 7.38. The van der Waals surface area contributed by atoms with Crippen molar-refractivity contribution in [3.05, 3.63) is 169 Å². The molecule has 0 saturated carbocycles. The zero-order chi connectivity index (χ0) is 50.6. The molecule has 210 valence electrons. The monoisotopic (exact) mass is 596 g/mol. The van der Waals surface area contributed by atoms with Gasteiger partial charge >= 0.3 is 0 Å². The van der Waals surface area contributed by atoms with E-state index >= 15 is 0 Å². The quantitative estimate of drug-likeness (QED) is 0.184. The van der Waals surface area contributed by atoms with Crippen LogP contribution >= 0.6 is 0 Å². The van der Waals surface area contributed by atoms with Gasteiger partial charge in [-0.3, -0.25) is 0 Å². The number of furan rings is 1. The number of para-hydroxylation sites is 1. The van der Waals surface area contributed by atoms with Crippen molar-refractivity contribution in [1.29, 1.82) is 0 Å². The average molecular weight is 597 g/mol. The zero-order valence-electron chi connectivity index (χ0n) is 46.7. The van der Waals surface area contributed by atoms with Gasteiger partial charge in [0.1, 0.15) is 11.2 Å². The van der Waals surface area contributed by atoms with Crippen LogP contribution in [0.4, 0.5) is 0 Å². The molecular weight excluding hydrogens is 544 g/mol. The molecule has 9 rings (SSSR count). The lowest BCUT2D eigenvalue weighted by molar-refractivity contribution is 0.670. The van der Waals surface area contributed by atoms with Gasteiger partial charge in [-0.15, -0.1) is 0 Å². The standard InChI is InChI=1S/C44H28O/c1-3-13-29(14-4-1)31-25-26-35-40-24-12-23-34(44(40)45-41(35)28-31)32-17-11-18-33(27-32)43-38-21-9-7-19-36(38)42(30-15-5-2-6-16-30)37-20-8-10-22-39(37)43/h1-28H/i1D,2D,3D,4D,5D,6D,7D,8D,9D,10D,12D,13D,14D,15D,16D,19D,20D,21D,22D,23D,24D,25D,26D,28D. The Kier molecular flexibility index (Phi) is 2.58. The van der Waals surface area contributed by atoms with Crippen LogP contribution in [0.15, 0.2) is 174 Å². The van der Waals surface area contributed by atoms with Gasteiger partial charge in [0.15, 0.2) is 0 Å². The molecule has 9 aromatic rings. The summed E-state index contributed by atoms with van der Waals surface area (Å²) in [6.07, 6.45) is 0. The van der Waals surface area contributed by atoms with Crippen LogP contribution in [0, 0.1) is 0 Å². The lowest BCUT2D eigenvalue weighted by atomic mass is 9.85. The molecule has 0 aliphatic rings. The Bertz CT molecular complexity index is 3750. The van der Waals surface area contributed by atoms with Gasteiger partial charge in [0, 0.05) is 16.3 Å². The fraction of sp³-hybridized carbons (Fsp3) is 0. The molecule has 0 unspecified atom stereocenters. The van der Waals surface area contributed by atoms with E-state index in [2.05, 4.69) is 0 Å². The van der Waals surface area contributed by atoms with Crippen molar-refractivity contribution in [2.75, 3.05) is 0 Å². The van der Waals surface area contributed by atoms with E-state index in [9.17, 15) is 6.85 Å². The van der Waals surface area contributed by atoms with E-state index in [1.807, 2.05) is 0 Å². The highest BCUT2D eigenvalue weighted by molar-refractivity contribution is 6.21. The molecule has 0 fully saturated rings. The highest BCUT2D eigenvalue weighted by Gasteiger charge is 2.18. The summed E-state index contributed by atoms with van der Waals surface area (Å²) in [6, 6.07) is -12.8. The van der Waals surface area contributed by atoms with Crippen LogP contribution in [-0.2, 0) is 0 Å². The molecule has 0 saturated heterocycles. The summed E-state index contributed by atoms with van der Waals surface area (Å²) < 4.78 is 217. The number of hydrogen-bond acceptors (Lipinski definition) is 1. The normalized spacial score (nSPS) is 19.0. The Balaban J connectivity index is 1.45. The smallest absolute Gasteiger partial charge is 0.143 e. The number of rotatable bonds is 4. The van der Waals surface area contributed by atoms with Crippen molar-refractivity contribution >= 4 is 43.5 Å². The van der Waals surface area contributed by atoms with E-state index < -0.39 is 184 Å². The molecule has 0 spiro atoms. The van der Waals surface area contributed by atoms with Gasteiger partial charge in [-0.25, -0.2) is 0 Å². The van der Waals surface area contributed by atoms with Crippen LogP contribution in [0.5, 0.6) is 0 Å². The van der Waals surface area contributed by atoms with Crippen LogP contribution in [0.3, 0.4) is 0 Å². The molecule has 1 aromatic heterocycles. The zero-order valence-corrected chi connectivity index (χ0v) is 22.7. The van der Waals surface area contributed by atoms with Crippen molar-refractivity contribution in [2.45, 2.75) is 0 Å². The van der Waals surface area contributed by atoms with Crippen LogP contribution in [0.25, 0.3) is 88.0 Å². The number of hydrogen-bond donors (Lipinski definition) is 0. The topological polar surface area (TPSA) is 13.1 Å². The maximum Gasteiger partial charge on any atom is 0.143 e.